The van der Waals surface area contributed by atoms with Crippen molar-refractivity contribution in [2.45, 2.75) is 36.6 Å². The molecule has 1 atom stereocenters. The van der Waals surface area contributed by atoms with Gasteiger partial charge in [0.25, 0.3) is 0 Å². The molecule has 1 fully saturated rings. The lowest BCUT2D eigenvalue weighted by atomic mass is 9.79. The maximum atomic E-state index is 3.45. The predicted octanol–water partition coefficient (Wildman–Crippen LogP) is 3.86. The zero-order chi connectivity index (χ0) is 11.4. The third-order valence-corrected chi connectivity index (χ3v) is 4.40. The summed E-state index contributed by atoms with van der Waals surface area (Å²) in [5.74, 6) is 0.956. The van der Waals surface area contributed by atoms with Gasteiger partial charge < -0.3 is 5.32 Å². The molecule has 1 nitrogen and oxygen atoms in total. The molecule has 1 aliphatic carbocycles. The van der Waals surface area contributed by atoms with Crippen LogP contribution in [0.25, 0.3) is 0 Å². The lowest BCUT2D eigenvalue weighted by molar-refractivity contribution is 0.265. The first-order valence-corrected chi connectivity index (χ1v) is 7.37. The third kappa shape index (κ3) is 2.80. The Kier molecular flexibility index (Phi) is 4.30. The number of thioether (sulfide) groups is 1. The Balaban J connectivity index is 2.00. The molecule has 1 aliphatic rings. The van der Waals surface area contributed by atoms with Crippen molar-refractivity contribution in [2.75, 3.05) is 13.3 Å². The van der Waals surface area contributed by atoms with Gasteiger partial charge in [0.05, 0.1) is 0 Å². The van der Waals surface area contributed by atoms with E-state index < -0.39 is 0 Å². The van der Waals surface area contributed by atoms with Gasteiger partial charge in [0, 0.05) is 10.9 Å². The van der Waals surface area contributed by atoms with Crippen LogP contribution in [0.2, 0.25) is 0 Å². The molecule has 2 rings (SSSR count). The number of hydrogen-bond acceptors (Lipinski definition) is 2. The smallest absolute Gasteiger partial charge is 0.0320 e. The van der Waals surface area contributed by atoms with Crippen molar-refractivity contribution in [3.8, 4) is 0 Å². The van der Waals surface area contributed by atoms with E-state index in [9.17, 15) is 0 Å². The van der Waals surface area contributed by atoms with Gasteiger partial charge in [-0.25, -0.2) is 0 Å². The molecule has 16 heavy (non-hydrogen) atoms. The fourth-order valence-corrected chi connectivity index (χ4v) is 2.73. The summed E-state index contributed by atoms with van der Waals surface area (Å²) < 4.78 is 0. The summed E-state index contributed by atoms with van der Waals surface area (Å²) in [6.45, 7) is 0. The number of rotatable bonds is 5. The fraction of sp³-hybridized carbons (Fsp3) is 0.571. The van der Waals surface area contributed by atoms with Gasteiger partial charge in [-0.1, -0.05) is 31.4 Å². The summed E-state index contributed by atoms with van der Waals surface area (Å²) in [5, 5.41) is 3.45. The van der Waals surface area contributed by atoms with E-state index in [1.165, 1.54) is 36.1 Å². The van der Waals surface area contributed by atoms with Gasteiger partial charge in [0.1, 0.15) is 0 Å². The van der Waals surface area contributed by atoms with E-state index >= 15 is 0 Å². The molecule has 1 saturated carbocycles. The van der Waals surface area contributed by atoms with Crippen LogP contribution < -0.4 is 5.32 Å². The highest BCUT2D eigenvalue weighted by Crippen LogP contribution is 2.34. The highest BCUT2D eigenvalue weighted by molar-refractivity contribution is 7.98. The molecule has 2 heteroatoms. The normalized spacial score (nSPS) is 18.1. The van der Waals surface area contributed by atoms with Crippen LogP contribution in [0, 0.1) is 5.92 Å². The van der Waals surface area contributed by atoms with E-state index in [0.717, 1.165) is 5.92 Å². The Bertz CT molecular complexity index is 316. The minimum atomic E-state index is 0.543. The van der Waals surface area contributed by atoms with E-state index in [-0.39, 0.29) is 0 Å². The molecule has 0 radical (unpaired) electrons. The minimum absolute atomic E-state index is 0.543. The van der Waals surface area contributed by atoms with Gasteiger partial charge in [-0.15, -0.1) is 11.8 Å². The van der Waals surface area contributed by atoms with E-state index in [1.54, 1.807) is 11.8 Å². The molecule has 0 saturated heterocycles. The molecule has 0 bridgehead atoms. The maximum Gasteiger partial charge on any atom is 0.0320 e. The molecule has 0 aromatic heterocycles. The van der Waals surface area contributed by atoms with Gasteiger partial charge >= 0.3 is 0 Å². The Morgan fingerprint density at radius 1 is 1.31 bits per heavy atom. The summed E-state index contributed by atoms with van der Waals surface area (Å²) in [6.07, 6.45) is 7.72. The SMILES string of the molecule is CNC(CC1CCC1)c1ccc(SC)cc1. The highest BCUT2D eigenvalue weighted by atomic mass is 32.2. The predicted molar refractivity (Wildman–Crippen MR) is 72.0 cm³/mol. The maximum absolute atomic E-state index is 3.45. The van der Waals surface area contributed by atoms with Crippen LogP contribution in [0.4, 0.5) is 0 Å². The zero-order valence-electron chi connectivity index (χ0n) is 10.2. The van der Waals surface area contributed by atoms with Crippen LogP contribution >= 0.6 is 11.8 Å². The van der Waals surface area contributed by atoms with E-state index in [4.69, 9.17) is 0 Å². The molecule has 1 aromatic carbocycles. The van der Waals surface area contributed by atoms with Crippen LogP contribution in [-0.2, 0) is 0 Å². The zero-order valence-corrected chi connectivity index (χ0v) is 11.0. The average molecular weight is 235 g/mol. The van der Waals surface area contributed by atoms with Crippen molar-refractivity contribution in [1.29, 1.82) is 0 Å². The summed E-state index contributed by atoms with van der Waals surface area (Å²) in [7, 11) is 2.08. The summed E-state index contributed by atoms with van der Waals surface area (Å²) in [5.41, 5.74) is 1.44. The van der Waals surface area contributed by atoms with E-state index in [2.05, 4.69) is 42.9 Å². The van der Waals surface area contributed by atoms with Crippen LogP contribution in [-0.4, -0.2) is 13.3 Å². The second-order valence-electron chi connectivity index (χ2n) is 4.65. The fourth-order valence-electron chi connectivity index (χ4n) is 2.32. The highest BCUT2D eigenvalue weighted by Gasteiger charge is 2.21. The molecule has 0 heterocycles. The molecular formula is C14H21NS. The average Bonchev–Trinajstić information content (AvgIpc) is 2.28. The molecule has 88 valence electrons. The molecule has 0 spiro atoms. The Morgan fingerprint density at radius 2 is 2.00 bits per heavy atom. The Labute approximate surface area is 103 Å². The molecule has 1 N–H and O–H groups in total. The molecule has 0 amide bonds. The topological polar surface area (TPSA) is 12.0 Å². The summed E-state index contributed by atoms with van der Waals surface area (Å²) in [6, 6.07) is 9.54. The van der Waals surface area contributed by atoms with Gasteiger partial charge in [-0.05, 0) is 43.3 Å². The largest absolute Gasteiger partial charge is 0.313 e. The van der Waals surface area contributed by atoms with E-state index in [1.807, 2.05) is 0 Å². The summed E-state index contributed by atoms with van der Waals surface area (Å²) in [4.78, 5) is 1.35. The van der Waals surface area contributed by atoms with Crippen molar-refractivity contribution >= 4 is 11.8 Å². The number of nitrogens with one attached hydrogen (secondary N) is 1. The van der Waals surface area contributed by atoms with Gasteiger partial charge in [0.2, 0.25) is 0 Å². The lowest BCUT2D eigenvalue weighted by Crippen LogP contribution is -2.23. The lowest BCUT2D eigenvalue weighted by Gasteiger charge is -2.29. The monoisotopic (exact) mass is 235 g/mol. The van der Waals surface area contributed by atoms with Crippen molar-refractivity contribution in [3.05, 3.63) is 29.8 Å². The molecule has 1 aromatic rings. The molecule has 1 unspecified atom stereocenters. The van der Waals surface area contributed by atoms with Crippen molar-refractivity contribution in [1.82, 2.24) is 5.32 Å². The Morgan fingerprint density at radius 3 is 2.44 bits per heavy atom. The number of hydrogen-bond donors (Lipinski definition) is 1. The quantitative estimate of drug-likeness (QED) is 0.778. The van der Waals surface area contributed by atoms with Crippen LogP contribution in [0.3, 0.4) is 0 Å². The first-order chi connectivity index (χ1) is 7.83. The van der Waals surface area contributed by atoms with Crippen molar-refractivity contribution in [2.24, 2.45) is 5.92 Å². The molecular weight excluding hydrogens is 214 g/mol. The Hall–Kier alpha value is -0.470. The first-order valence-electron chi connectivity index (χ1n) is 6.14. The van der Waals surface area contributed by atoms with Crippen LogP contribution in [0.5, 0.6) is 0 Å². The minimum Gasteiger partial charge on any atom is -0.313 e. The second-order valence-corrected chi connectivity index (χ2v) is 5.53. The standard InChI is InChI=1S/C14H21NS/c1-15-14(10-11-4-3-5-11)12-6-8-13(16-2)9-7-12/h6-9,11,14-15H,3-5,10H2,1-2H3. The third-order valence-electron chi connectivity index (χ3n) is 3.66. The number of benzene rings is 1. The second kappa shape index (κ2) is 5.74. The van der Waals surface area contributed by atoms with Gasteiger partial charge in [-0.2, -0.15) is 0 Å². The summed E-state index contributed by atoms with van der Waals surface area (Å²) >= 11 is 1.81. The van der Waals surface area contributed by atoms with Gasteiger partial charge in [-0.3, -0.25) is 0 Å². The first kappa shape index (κ1) is 12.0. The van der Waals surface area contributed by atoms with Crippen LogP contribution in [0.15, 0.2) is 29.2 Å². The van der Waals surface area contributed by atoms with E-state index in [0.29, 0.717) is 6.04 Å². The molecule has 0 aliphatic heterocycles. The van der Waals surface area contributed by atoms with Crippen LogP contribution in [0.1, 0.15) is 37.3 Å². The van der Waals surface area contributed by atoms with Crippen molar-refractivity contribution in [3.63, 3.8) is 0 Å². The van der Waals surface area contributed by atoms with Crippen molar-refractivity contribution < 1.29 is 0 Å². The van der Waals surface area contributed by atoms with Gasteiger partial charge in [0.15, 0.2) is 0 Å².